The fourth-order valence-electron chi connectivity index (χ4n) is 2.63. The average Bonchev–Trinajstić information content (AvgIpc) is 2.86. The van der Waals surface area contributed by atoms with E-state index in [1.54, 1.807) is 12.1 Å². The van der Waals surface area contributed by atoms with E-state index in [1.807, 2.05) is 0 Å². The molecule has 1 atom stereocenters. The molecule has 3 rings (SSSR count). The summed E-state index contributed by atoms with van der Waals surface area (Å²) in [5.41, 5.74) is 1.40. The van der Waals surface area contributed by atoms with Crippen LogP contribution in [0.2, 0.25) is 10.3 Å². The van der Waals surface area contributed by atoms with Gasteiger partial charge in [0.2, 0.25) is 15.3 Å². The van der Waals surface area contributed by atoms with Gasteiger partial charge in [-0.2, -0.15) is 4.31 Å². The van der Waals surface area contributed by atoms with Crippen LogP contribution in [-0.4, -0.2) is 41.8 Å². The summed E-state index contributed by atoms with van der Waals surface area (Å²) in [6, 6.07) is 3.91. The lowest BCUT2D eigenvalue weighted by Gasteiger charge is -2.20. The van der Waals surface area contributed by atoms with E-state index in [-0.39, 0.29) is 21.7 Å². The fourth-order valence-corrected chi connectivity index (χ4v) is 4.77. The summed E-state index contributed by atoms with van der Waals surface area (Å²) in [5.74, 6) is -0.623. The molecule has 0 bridgehead atoms. The minimum absolute atomic E-state index is 0.00342. The van der Waals surface area contributed by atoms with Gasteiger partial charge in [0.05, 0.1) is 28.9 Å². The second-order valence-corrected chi connectivity index (χ2v) is 8.01. The first-order valence-corrected chi connectivity index (χ1v) is 9.36. The van der Waals surface area contributed by atoms with E-state index in [2.05, 4.69) is 14.7 Å². The Morgan fingerprint density at radius 3 is 2.76 bits per heavy atom. The van der Waals surface area contributed by atoms with E-state index in [9.17, 15) is 13.2 Å². The Balaban J connectivity index is 2.07. The second kappa shape index (κ2) is 6.53. The van der Waals surface area contributed by atoms with Crippen LogP contribution in [-0.2, 0) is 26.1 Å². The van der Waals surface area contributed by atoms with Crippen molar-refractivity contribution in [1.29, 1.82) is 0 Å². The number of rotatable bonds is 3. The van der Waals surface area contributed by atoms with Gasteiger partial charge in [-0.15, -0.1) is 0 Å². The molecule has 0 unspecified atom stereocenters. The molecule has 0 saturated heterocycles. The SMILES string of the molecule is COC(=O)[C@@H](C)N1Cc2ccc(-c3nc(Cl)ncc3Cl)cc2S1(=O)=O. The number of hydrogen-bond donors (Lipinski definition) is 0. The Morgan fingerprint density at radius 1 is 1.36 bits per heavy atom. The molecule has 1 aliphatic heterocycles. The van der Waals surface area contributed by atoms with E-state index in [1.165, 1.54) is 26.3 Å². The van der Waals surface area contributed by atoms with E-state index >= 15 is 0 Å². The number of hydrogen-bond acceptors (Lipinski definition) is 6. The number of aromatic nitrogens is 2. The molecule has 0 saturated carbocycles. The van der Waals surface area contributed by atoms with Crippen molar-refractivity contribution < 1.29 is 17.9 Å². The number of fused-ring (bicyclic) bond motifs is 1. The smallest absolute Gasteiger partial charge is 0.323 e. The van der Waals surface area contributed by atoms with Crippen LogP contribution in [0.5, 0.6) is 0 Å². The van der Waals surface area contributed by atoms with Crippen molar-refractivity contribution in [3.05, 3.63) is 40.3 Å². The quantitative estimate of drug-likeness (QED) is 0.579. The molecule has 0 aliphatic carbocycles. The molecule has 1 aromatic carbocycles. The molecule has 2 aromatic rings. The van der Waals surface area contributed by atoms with Gasteiger partial charge in [0.1, 0.15) is 6.04 Å². The summed E-state index contributed by atoms with van der Waals surface area (Å²) in [6.45, 7) is 1.57. The molecule has 7 nitrogen and oxygen atoms in total. The number of esters is 1. The lowest BCUT2D eigenvalue weighted by molar-refractivity contribution is -0.144. The molecule has 0 spiro atoms. The number of nitrogens with zero attached hydrogens (tertiary/aromatic N) is 3. The summed E-state index contributed by atoms with van der Waals surface area (Å²) in [5, 5.41) is 0.253. The Bertz CT molecular complexity index is 965. The van der Waals surface area contributed by atoms with Crippen molar-refractivity contribution in [3.63, 3.8) is 0 Å². The Hall–Kier alpha value is -1.74. The van der Waals surface area contributed by atoms with Crippen LogP contribution in [0, 0.1) is 0 Å². The normalized spacial score (nSPS) is 17.1. The summed E-state index contributed by atoms with van der Waals surface area (Å²) in [7, 11) is -2.63. The van der Waals surface area contributed by atoms with Gasteiger partial charge in [-0.25, -0.2) is 18.4 Å². The fraction of sp³-hybridized carbons (Fsp3) is 0.267. The molecule has 132 valence electrons. The molecule has 0 fully saturated rings. The predicted molar refractivity (Wildman–Crippen MR) is 91.7 cm³/mol. The van der Waals surface area contributed by atoms with Crippen LogP contribution >= 0.6 is 23.2 Å². The molecule has 0 radical (unpaired) electrons. The topological polar surface area (TPSA) is 89.5 Å². The third kappa shape index (κ3) is 3.10. The highest BCUT2D eigenvalue weighted by Crippen LogP contribution is 2.36. The first kappa shape index (κ1) is 18.1. The van der Waals surface area contributed by atoms with Gasteiger partial charge >= 0.3 is 5.97 Å². The van der Waals surface area contributed by atoms with E-state index < -0.39 is 22.0 Å². The van der Waals surface area contributed by atoms with Crippen molar-refractivity contribution in [3.8, 4) is 11.3 Å². The lowest BCUT2D eigenvalue weighted by Crippen LogP contribution is -2.39. The maximum Gasteiger partial charge on any atom is 0.323 e. The predicted octanol–water partition coefficient (Wildman–Crippen LogP) is 2.52. The van der Waals surface area contributed by atoms with E-state index in [4.69, 9.17) is 23.2 Å². The van der Waals surface area contributed by atoms with Gasteiger partial charge in [-0.05, 0) is 30.2 Å². The Labute approximate surface area is 154 Å². The van der Waals surface area contributed by atoms with Crippen LogP contribution in [0.4, 0.5) is 0 Å². The zero-order valence-corrected chi connectivity index (χ0v) is 15.6. The van der Waals surface area contributed by atoms with Gasteiger partial charge in [-0.1, -0.05) is 23.7 Å². The lowest BCUT2D eigenvalue weighted by atomic mass is 10.1. The molecule has 0 N–H and O–H groups in total. The van der Waals surface area contributed by atoms with Crippen LogP contribution in [0.3, 0.4) is 0 Å². The Morgan fingerprint density at radius 2 is 2.08 bits per heavy atom. The molecular weight excluding hydrogens is 389 g/mol. The van der Waals surface area contributed by atoms with Crippen LogP contribution in [0.1, 0.15) is 12.5 Å². The molecule has 0 amide bonds. The van der Waals surface area contributed by atoms with Crippen molar-refractivity contribution in [2.75, 3.05) is 7.11 Å². The third-order valence-electron chi connectivity index (χ3n) is 3.94. The molecule has 1 aliphatic rings. The van der Waals surface area contributed by atoms with Crippen LogP contribution < -0.4 is 0 Å². The van der Waals surface area contributed by atoms with E-state index in [0.717, 1.165) is 4.31 Å². The first-order valence-electron chi connectivity index (χ1n) is 7.16. The standard InChI is InChI=1S/C15H13Cl2N3O4S/c1-8(14(21)24-2)20-7-10-4-3-9(5-12(10)25(20,22)23)13-11(16)6-18-15(17)19-13/h3-6,8H,7H2,1-2H3/t8-/m1/s1. The molecule has 25 heavy (non-hydrogen) atoms. The molecular formula is C15H13Cl2N3O4S. The zero-order valence-electron chi connectivity index (χ0n) is 13.2. The number of halogens is 2. The summed E-state index contributed by atoms with van der Waals surface area (Å²) in [4.78, 5) is 19.7. The number of sulfonamides is 1. The highest BCUT2D eigenvalue weighted by atomic mass is 35.5. The summed E-state index contributed by atoms with van der Waals surface area (Å²) in [6.07, 6.45) is 1.35. The summed E-state index contributed by atoms with van der Waals surface area (Å²) < 4.78 is 31.4. The average molecular weight is 402 g/mol. The molecule has 2 heterocycles. The zero-order chi connectivity index (χ0) is 18.4. The number of ether oxygens (including phenoxy) is 1. The van der Waals surface area contributed by atoms with Gasteiger partial charge < -0.3 is 4.74 Å². The van der Waals surface area contributed by atoms with Gasteiger partial charge in [0, 0.05) is 12.1 Å². The van der Waals surface area contributed by atoms with Gasteiger partial charge in [0.15, 0.2) is 0 Å². The van der Waals surface area contributed by atoms with Crippen LogP contribution in [0.15, 0.2) is 29.3 Å². The van der Waals surface area contributed by atoms with E-state index in [0.29, 0.717) is 16.8 Å². The van der Waals surface area contributed by atoms with Gasteiger partial charge in [0.25, 0.3) is 0 Å². The minimum Gasteiger partial charge on any atom is -0.468 e. The highest BCUT2D eigenvalue weighted by molar-refractivity contribution is 7.89. The highest BCUT2D eigenvalue weighted by Gasteiger charge is 2.40. The van der Waals surface area contributed by atoms with Crippen LogP contribution in [0.25, 0.3) is 11.3 Å². The molecule has 10 heteroatoms. The Kier molecular flexibility index (Phi) is 4.72. The minimum atomic E-state index is -3.84. The first-order chi connectivity index (χ1) is 11.8. The van der Waals surface area contributed by atoms with Crippen molar-refractivity contribution in [2.45, 2.75) is 24.4 Å². The maximum atomic E-state index is 12.8. The maximum absolute atomic E-state index is 12.8. The number of benzene rings is 1. The van der Waals surface area contributed by atoms with Crippen molar-refractivity contribution in [1.82, 2.24) is 14.3 Å². The van der Waals surface area contributed by atoms with Crippen molar-refractivity contribution >= 4 is 39.2 Å². The second-order valence-electron chi connectivity index (χ2n) is 5.41. The largest absolute Gasteiger partial charge is 0.468 e. The number of methoxy groups -OCH3 is 1. The van der Waals surface area contributed by atoms with Gasteiger partial charge in [-0.3, -0.25) is 4.79 Å². The molecule has 1 aromatic heterocycles. The number of carbonyl (C=O) groups excluding carboxylic acids is 1. The van der Waals surface area contributed by atoms with Crippen molar-refractivity contribution in [2.24, 2.45) is 0 Å². The number of carbonyl (C=O) groups is 1. The third-order valence-corrected chi connectivity index (χ3v) is 6.40. The monoisotopic (exact) mass is 401 g/mol. The summed E-state index contributed by atoms with van der Waals surface area (Å²) >= 11 is 11.9.